The lowest BCUT2D eigenvalue weighted by Gasteiger charge is -2.30. The number of rotatable bonds is 5. The number of nitro benzene ring substituents is 1. The number of aliphatic hydroxyl groups is 1. The van der Waals surface area contributed by atoms with Gasteiger partial charge >= 0.3 is 0 Å². The molecule has 0 aromatic heterocycles. The van der Waals surface area contributed by atoms with Crippen molar-refractivity contribution in [3.8, 4) is 0 Å². The molecule has 3 N–H and O–H groups in total. The number of nitrogens with one attached hydrogen (secondary N) is 2. The van der Waals surface area contributed by atoms with E-state index < -0.39 is 22.5 Å². The second-order valence-corrected chi connectivity index (χ2v) is 5.09. The van der Waals surface area contributed by atoms with E-state index in [1.165, 1.54) is 25.2 Å². The van der Waals surface area contributed by atoms with Crippen LogP contribution in [0, 0.1) is 10.1 Å². The molecule has 1 rings (SSSR count). The van der Waals surface area contributed by atoms with E-state index in [0.29, 0.717) is 0 Å². The Hall–Kier alpha value is -2.15. The summed E-state index contributed by atoms with van der Waals surface area (Å²) in [4.78, 5) is 22.0. The summed E-state index contributed by atoms with van der Waals surface area (Å²) in [5, 5.41) is 26.1. The van der Waals surface area contributed by atoms with Gasteiger partial charge in [0.2, 0.25) is 0 Å². The van der Waals surface area contributed by atoms with Gasteiger partial charge < -0.3 is 15.7 Å². The number of hydrogen-bond donors (Lipinski definition) is 3. The highest BCUT2D eigenvalue weighted by molar-refractivity contribution is 5.95. The monoisotopic (exact) mass is 281 g/mol. The van der Waals surface area contributed by atoms with Crippen LogP contribution in [-0.2, 0) is 0 Å². The van der Waals surface area contributed by atoms with E-state index in [1.807, 2.05) is 0 Å². The molecule has 0 aliphatic rings. The van der Waals surface area contributed by atoms with Gasteiger partial charge in [-0.25, -0.2) is 0 Å². The molecule has 0 radical (unpaired) electrons. The summed E-state index contributed by atoms with van der Waals surface area (Å²) in [6.45, 7) is 5.06. The number of nitro groups is 1. The quantitative estimate of drug-likeness (QED) is 0.560. The maximum atomic E-state index is 11.5. The third-order valence-electron chi connectivity index (χ3n) is 3.18. The third-order valence-corrected chi connectivity index (χ3v) is 3.18. The maximum Gasteiger partial charge on any atom is 0.293 e. The first-order chi connectivity index (χ1) is 9.19. The Kier molecular flexibility index (Phi) is 4.67. The first-order valence-electron chi connectivity index (χ1n) is 6.16. The first-order valence-corrected chi connectivity index (χ1v) is 6.16. The number of hydrogen-bond acceptors (Lipinski definition) is 5. The molecule has 0 aliphatic heterocycles. The van der Waals surface area contributed by atoms with Gasteiger partial charge in [0, 0.05) is 18.7 Å². The molecule has 0 saturated carbocycles. The molecule has 0 bridgehead atoms. The summed E-state index contributed by atoms with van der Waals surface area (Å²) in [6.07, 6.45) is -0.708. The van der Waals surface area contributed by atoms with Gasteiger partial charge in [0.1, 0.15) is 5.69 Å². The van der Waals surface area contributed by atoms with Crippen LogP contribution in [0.1, 0.15) is 31.1 Å². The Morgan fingerprint density at radius 3 is 2.50 bits per heavy atom. The average molecular weight is 281 g/mol. The van der Waals surface area contributed by atoms with Gasteiger partial charge in [-0.05, 0) is 32.9 Å². The summed E-state index contributed by atoms with van der Waals surface area (Å²) < 4.78 is 0. The van der Waals surface area contributed by atoms with E-state index in [0.717, 1.165) is 0 Å². The minimum absolute atomic E-state index is 0.208. The van der Waals surface area contributed by atoms with Crippen molar-refractivity contribution in [3.05, 3.63) is 33.9 Å². The Morgan fingerprint density at radius 2 is 2.05 bits per heavy atom. The van der Waals surface area contributed by atoms with Crippen molar-refractivity contribution in [2.45, 2.75) is 32.4 Å². The standard InChI is InChI=1S/C13H19N3O4/c1-8(17)13(2,3)15-10-6-5-9(12(18)14-4)7-11(10)16(19)20/h5-8,15,17H,1-4H3,(H,14,18)/t8-/m1/s1. The van der Waals surface area contributed by atoms with E-state index in [4.69, 9.17) is 0 Å². The minimum atomic E-state index is -0.737. The molecule has 0 aliphatic carbocycles. The summed E-state index contributed by atoms with van der Waals surface area (Å²) in [6, 6.07) is 4.17. The van der Waals surface area contributed by atoms with Gasteiger partial charge in [0.25, 0.3) is 11.6 Å². The van der Waals surface area contributed by atoms with E-state index in [-0.39, 0.29) is 16.9 Å². The maximum absolute atomic E-state index is 11.5. The molecule has 0 saturated heterocycles. The van der Waals surface area contributed by atoms with Crippen LogP contribution < -0.4 is 10.6 Å². The highest BCUT2D eigenvalue weighted by Crippen LogP contribution is 2.29. The molecule has 1 aromatic rings. The highest BCUT2D eigenvalue weighted by atomic mass is 16.6. The van der Waals surface area contributed by atoms with Crippen molar-refractivity contribution in [1.82, 2.24) is 5.32 Å². The number of aliphatic hydroxyl groups excluding tert-OH is 1. The predicted molar refractivity (Wildman–Crippen MR) is 75.9 cm³/mol. The molecule has 1 amide bonds. The predicted octanol–water partition coefficient (Wildman–Crippen LogP) is 1.53. The third kappa shape index (κ3) is 3.45. The van der Waals surface area contributed by atoms with Crippen LogP contribution in [0.25, 0.3) is 0 Å². The van der Waals surface area contributed by atoms with Crippen LogP contribution in [0.3, 0.4) is 0 Å². The molecular formula is C13H19N3O4. The van der Waals surface area contributed by atoms with Gasteiger partial charge in [-0.15, -0.1) is 0 Å². The van der Waals surface area contributed by atoms with Gasteiger partial charge in [0.05, 0.1) is 16.6 Å². The van der Waals surface area contributed by atoms with Crippen molar-refractivity contribution in [1.29, 1.82) is 0 Å². The topological polar surface area (TPSA) is 104 Å². The molecule has 7 nitrogen and oxygen atoms in total. The molecule has 0 heterocycles. The molecule has 1 atom stereocenters. The van der Waals surface area contributed by atoms with Crippen LogP contribution in [0.2, 0.25) is 0 Å². The van der Waals surface area contributed by atoms with Crippen LogP contribution in [0.5, 0.6) is 0 Å². The lowest BCUT2D eigenvalue weighted by molar-refractivity contribution is -0.384. The number of carbonyl (C=O) groups excluding carboxylic acids is 1. The van der Waals surface area contributed by atoms with Crippen molar-refractivity contribution in [2.75, 3.05) is 12.4 Å². The van der Waals surface area contributed by atoms with Crippen molar-refractivity contribution >= 4 is 17.3 Å². The lowest BCUT2D eigenvalue weighted by Crippen LogP contribution is -2.42. The molecule has 0 fully saturated rings. The SMILES string of the molecule is CNC(=O)c1ccc(NC(C)(C)[C@@H](C)O)c([N+](=O)[O-])c1. The van der Waals surface area contributed by atoms with Gasteiger partial charge in [-0.1, -0.05) is 0 Å². The minimum Gasteiger partial charge on any atom is -0.391 e. The lowest BCUT2D eigenvalue weighted by atomic mass is 9.98. The van der Waals surface area contributed by atoms with Crippen LogP contribution in [0.4, 0.5) is 11.4 Å². The van der Waals surface area contributed by atoms with Crippen molar-refractivity contribution in [3.63, 3.8) is 0 Å². The summed E-state index contributed by atoms with van der Waals surface area (Å²) in [5.41, 5.74) is -0.479. The molecule has 20 heavy (non-hydrogen) atoms. The number of benzene rings is 1. The fourth-order valence-electron chi connectivity index (χ4n) is 1.53. The normalized spacial score (nSPS) is 12.7. The van der Waals surface area contributed by atoms with Crippen LogP contribution in [-0.4, -0.2) is 34.6 Å². The number of amides is 1. The summed E-state index contributed by atoms with van der Waals surface area (Å²) >= 11 is 0. The zero-order valence-electron chi connectivity index (χ0n) is 11.9. The smallest absolute Gasteiger partial charge is 0.293 e. The van der Waals surface area contributed by atoms with Crippen LogP contribution >= 0.6 is 0 Å². The molecule has 7 heteroatoms. The molecule has 110 valence electrons. The average Bonchev–Trinajstić information content (AvgIpc) is 2.37. The number of carbonyl (C=O) groups is 1. The zero-order valence-corrected chi connectivity index (χ0v) is 11.9. The molecule has 0 unspecified atom stereocenters. The second kappa shape index (κ2) is 5.87. The van der Waals surface area contributed by atoms with Gasteiger partial charge in [-0.3, -0.25) is 14.9 Å². The Bertz CT molecular complexity index is 526. The Balaban J connectivity index is 3.21. The highest BCUT2D eigenvalue weighted by Gasteiger charge is 2.27. The van der Waals surface area contributed by atoms with Crippen molar-refractivity contribution in [2.24, 2.45) is 0 Å². The molecule has 0 spiro atoms. The van der Waals surface area contributed by atoms with E-state index in [9.17, 15) is 20.0 Å². The van der Waals surface area contributed by atoms with E-state index in [2.05, 4.69) is 10.6 Å². The Labute approximate surface area is 117 Å². The zero-order chi connectivity index (χ0) is 15.5. The Morgan fingerprint density at radius 1 is 1.45 bits per heavy atom. The van der Waals surface area contributed by atoms with Gasteiger partial charge in [-0.2, -0.15) is 0 Å². The van der Waals surface area contributed by atoms with Gasteiger partial charge in [0.15, 0.2) is 0 Å². The fraction of sp³-hybridized carbons (Fsp3) is 0.462. The fourth-order valence-corrected chi connectivity index (χ4v) is 1.53. The van der Waals surface area contributed by atoms with Crippen LogP contribution in [0.15, 0.2) is 18.2 Å². The first kappa shape index (κ1) is 15.9. The number of nitrogens with zero attached hydrogens (tertiary/aromatic N) is 1. The van der Waals surface area contributed by atoms with Crippen molar-refractivity contribution < 1.29 is 14.8 Å². The summed E-state index contributed by atoms with van der Waals surface area (Å²) in [7, 11) is 1.46. The largest absolute Gasteiger partial charge is 0.391 e. The molecular weight excluding hydrogens is 262 g/mol. The molecule has 1 aromatic carbocycles. The number of anilines is 1. The van der Waals surface area contributed by atoms with E-state index >= 15 is 0 Å². The second-order valence-electron chi connectivity index (χ2n) is 5.09. The van der Waals surface area contributed by atoms with E-state index in [1.54, 1.807) is 20.8 Å². The summed E-state index contributed by atoms with van der Waals surface area (Å²) in [5.74, 6) is -0.394.